The molecule has 3 rings (SSSR count). The zero-order chi connectivity index (χ0) is 18.5. The number of carbonyl (C=O) groups is 2. The van der Waals surface area contributed by atoms with Gasteiger partial charge < -0.3 is 19.7 Å². The monoisotopic (exact) mass is 346 g/mol. The number of aliphatic hydroxyl groups is 2. The van der Waals surface area contributed by atoms with Gasteiger partial charge in [0, 0.05) is 17.9 Å². The molecule has 1 aliphatic heterocycles. The second-order valence-corrected chi connectivity index (χ2v) is 6.95. The lowest BCUT2D eigenvalue weighted by atomic mass is 9.81. The molecule has 3 aliphatic rings. The molecule has 1 heterocycles. The van der Waals surface area contributed by atoms with Crippen molar-refractivity contribution in [2.24, 2.45) is 17.8 Å². The van der Waals surface area contributed by atoms with Crippen LogP contribution in [0.1, 0.15) is 12.8 Å². The van der Waals surface area contributed by atoms with Crippen molar-refractivity contribution in [3.05, 3.63) is 48.6 Å². The third kappa shape index (κ3) is 2.75. The highest BCUT2D eigenvalue weighted by Gasteiger charge is 2.56. The zero-order valence-electron chi connectivity index (χ0n) is 13.9. The van der Waals surface area contributed by atoms with Gasteiger partial charge in [-0.1, -0.05) is 31.9 Å². The van der Waals surface area contributed by atoms with E-state index in [0.717, 1.165) is 5.57 Å². The van der Waals surface area contributed by atoms with Crippen LogP contribution in [0.5, 0.6) is 0 Å². The fraction of sp³-hybridized carbons (Fsp3) is 0.474. The molecule has 1 saturated heterocycles. The molecule has 6 nitrogen and oxygen atoms in total. The van der Waals surface area contributed by atoms with Gasteiger partial charge in [0.05, 0.1) is 24.2 Å². The van der Waals surface area contributed by atoms with E-state index in [-0.39, 0.29) is 23.0 Å². The Morgan fingerprint density at radius 3 is 2.60 bits per heavy atom. The number of fused-ring (bicyclic) bond motifs is 3. The first-order valence-electron chi connectivity index (χ1n) is 8.20. The summed E-state index contributed by atoms with van der Waals surface area (Å²) in [6, 6.07) is 0. The van der Waals surface area contributed by atoms with Crippen LogP contribution in [0.4, 0.5) is 0 Å². The minimum Gasteiger partial charge on any atom is -0.458 e. The smallest absolute Gasteiger partial charge is 0.336 e. The molecular formula is C19H22O6. The molecule has 0 radical (unpaired) electrons. The van der Waals surface area contributed by atoms with E-state index in [9.17, 15) is 14.7 Å². The SMILES string of the molecule is C=C(CO)C(=O)O[C@@H]1CC(=C)[C@H]2C[C@H](O)C(=C)[C@@H]2[C@H]2OC(=O)C(=C)[C@@H]21. The second-order valence-electron chi connectivity index (χ2n) is 6.95. The van der Waals surface area contributed by atoms with Gasteiger partial charge in [-0.15, -0.1) is 0 Å². The maximum absolute atomic E-state index is 12.1. The lowest BCUT2D eigenvalue weighted by Crippen LogP contribution is -2.36. The van der Waals surface area contributed by atoms with E-state index in [1.165, 1.54) is 0 Å². The summed E-state index contributed by atoms with van der Waals surface area (Å²) in [5, 5.41) is 19.2. The molecule has 0 unspecified atom stereocenters. The van der Waals surface area contributed by atoms with Crippen LogP contribution >= 0.6 is 0 Å². The molecule has 0 aromatic heterocycles. The lowest BCUT2D eigenvalue weighted by Gasteiger charge is -2.28. The Labute approximate surface area is 146 Å². The summed E-state index contributed by atoms with van der Waals surface area (Å²) in [4.78, 5) is 24.2. The van der Waals surface area contributed by atoms with E-state index in [2.05, 4.69) is 26.3 Å². The van der Waals surface area contributed by atoms with Crippen LogP contribution in [0, 0.1) is 17.8 Å². The van der Waals surface area contributed by atoms with Crippen LogP contribution in [0.3, 0.4) is 0 Å². The third-order valence-corrected chi connectivity index (χ3v) is 5.51. The van der Waals surface area contributed by atoms with Crippen LogP contribution in [-0.4, -0.2) is 47.1 Å². The van der Waals surface area contributed by atoms with Crippen LogP contribution < -0.4 is 0 Å². The maximum atomic E-state index is 12.1. The Balaban J connectivity index is 1.96. The van der Waals surface area contributed by atoms with Crippen molar-refractivity contribution in [1.82, 2.24) is 0 Å². The zero-order valence-corrected chi connectivity index (χ0v) is 13.9. The number of hydrogen-bond donors (Lipinski definition) is 2. The van der Waals surface area contributed by atoms with Gasteiger partial charge in [-0.2, -0.15) is 0 Å². The van der Waals surface area contributed by atoms with Crippen LogP contribution in [0.15, 0.2) is 48.6 Å². The van der Waals surface area contributed by atoms with Crippen LogP contribution in [-0.2, 0) is 19.1 Å². The fourth-order valence-corrected chi connectivity index (χ4v) is 4.16. The highest BCUT2D eigenvalue weighted by molar-refractivity contribution is 5.92. The number of carbonyl (C=O) groups excluding carboxylic acids is 2. The molecule has 6 atom stereocenters. The van der Waals surface area contributed by atoms with Gasteiger partial charge >= 0.3 is 11.9 Å². The van der Waals surface area contributed by atoms with Gasteiger partial charge in [0.15, 0.2) is 0 Å². The Kier molecular flexibility index (Phi) is 4.43. The summed E-state index contributed by atoms with van der Waals surface area (Å²) < 4.78 is 11.0. The summed E-state index contributed by atoms with van der Waals surface area (Å²) in [5.74, 6) is -2.18. The van der Waals surface area contributed by atoms with Crippen molar-refractivity contribution in [1.29, 1.82) is 0 Å². The fourth-order valence-electron chi connectivity index (χ4n) is 4.16. The predicted octanol–water partition coefficient (Wildman–Crippen LogP) is 1.06. The average Bonchev–Trinajstić information content (AvgIpc) is 2.99. The highest BCUT2D eigenvalue weighted by Crippen LogP contribution is 2.52. The summed E-state index contributed by atoms with van der Waals surface area (Å²) in [5.41, 5.74) is 1.59. The van der Waals surface area contributed by atoms with E-state index in [1.807, 2.05) is 0 Å². The van der Waals surface area contributed by atoms with E-state index >= 15 is 0 Å². The van der Waals surface area contributed by atoms with E-state index < -0.39 is 42.8 Å². The number of esters is 2. The molecular weight excluding hydrogens is 324 g/mol. The van der Waals surface area contributed by atoms with Crippen LogP contribution in [0.25, 0.3) is 0 Å². The summed E-state index contributed by atoms with van der Waals surface area (Å²) in [7, 11) is 0. The number of hydrogen-bond acceptors (Lipinski definition) is 6. The molecule has 2 saturated carbocycles. The molecule has 134 valence electrons. The maximum Gasteiger partial charge on any atom is 0.336 e. The Bertz CT molecular complexity index is 690. The lowest BCUT2D eigenvalue weighted by molar-refractivity contribution is -0.148. The highest BCUT2D eigenvalue weighted by atomic mass is 16.6. The summed E-state index contributed by atoms with van der Waals surface area (Å²) >= 11 is 0. The van der Waals surface area contributed by atoms with Gasteiger partial charge in [-0.05, 0) is 17.9 Å². The largest absolute Gasteiger partial charge is 0.458 e. The van der Waals surface area contributed by atoms with Gasteiger partial charge in [0.2, 0.25) is 0 Å². The first-order chi connectivity index (χ1) is 11.8. The number of aliphatic hydroxyl groups excluding tert-OH is 2. The van der Waals surface area contributed by atoms with Crippen molar-refractivity contribution in [2.75, 3.05) is 6.61 Å². The normalized spacial score (nSPS) is 37.2. The molecule has 0 amide bonds. The van der Waals surface area contributed by atoms with E-state index in [1.54, 1.807) is 0 Å². The number of rotatable bonds is 3. The molecule has 0 aromatic carbocycles. The molecule has 0 bridgehead atoms. The Morgan fingerprint density at radius 2 is 1.96 bits per heavy atom. The van der Waals surface area contributed by atoms with Gasteiger partial charge in [0.1, 0.15) is 12.2 Å². The van der Waals surface area contributed by atoms with Crippen molar-refractivity contribution in [3.8, 4) is 0 Å². The van der Waals surface area contributed by atoms with Crippen LogP contribution in [0.2, 0.25) is 0 Å². The van der Waals surface area contributed by atoms with E-state index in [0.29, 0.717) is 18.4 Å². The predicted molar refractivity (Wildman–Crippen MR) is 89.1 cm³/mol. The summed E-state index contributed by atoms with van der Waals surface area (Å²) in [6.07, 6.45) is -1.19. The standard InChI is InChI=1S/C19H22O6/c1-8-5-14(24-18(22)9(2)7-20)16-11(4)19(23)25-17(16)15-10(3)13(21)6-12(8)15/h12-17,20-21H,1-7H2/t12-,13+,14-,15+,16-,17-/m1/s1. The Morgan fingerprint density at radius 1 is 1.28 bits per heavy atom. The van der Waals surface area contributed by atoms with Gasteiger partial charge in [0.25, 0.3) is 0 Å². The van der Waals surface area contributed by atoms with Gasteiger partial charge in [-0.3, -0.25) is 0 Å². The Hall–Kier alpha value is -2.18. The molecule has 3 fully saturated rings. The topological polar surface area (TPSA) is 93.1 Å². The van der Waals surface area contributed by atoms with Crippen molar-refractivity contribution >= 4 is 11.9 Å². The molecule has 0 spiro atoms. The van der Waals surface area contributed by atoms with Crippen molar-refractivity contribution in [2.45, 2.75) is 31.2 Å². The minimum absolute atomic E-state index is 0.0673. The number of ether oxygens (including phenoxy) is 2. The first kappa shape index (κ1) is 17.6. The molecule has 2 N–H and O–H groups in total. The molecule has 0 aromatic rings. The minimum atomic E-state index is -0.725. The first-order valence-corrected chi connectivity index (χ1v) is 8.20. The molecule has 6 heteroatoms. The van der Waals surface area contributed by atoms with E-state index in [4.69, 9.17) is 14.6 Å². The van der Waals surface area contributed by atoms with Crippen molar-refractivity contribution in [3.63, 3.8) is 0 Å². The average molecular weight is 346 g/mol. The second kappa shape index (κ2) is 6.28. The van der Waals surface area contributed by atoms with Crippen molar-refractivity contribution < 1.29 is 29.3 Å². The molecule has 25 heavy (non-hydrogen) atoms. The van der Waals surface area contributed by atoms with Gasteiger partial charge in [-0.25, -0.2) is 9.59 Å². The third-order valence-electron chi connectivity index (χ3n) is 5.51. The summed E-state index contributed by atoms with van der Waals surface area (Å²) in [6.45, 7) is 14.8. The molecule has 2 aliphatic carbocycles. The quantitative estimate of drug-likeness (QED) is 0.451.